The van der Waals surface area contributed by atoms with Crippen LogP contribution in [0.4, 0.5) is 29.2 Å². The lowest BCUT2D eigenvalue weighted by Crippen LogP contribution is -2.09. The van der Waals surface area contributed by atoms with Crippen molar-refractivity contribution in [3.05, 3.63) is 34.9 Å². The van der Waals surface area contributed by atoms with Gasteiger partial charge in [0, 0.05) is 5.69 Å². The summed E-state index contributed by atoms with van der Waals surface area (Å²) in [6, 6.07) is 2.27. The fourth-order valence-electron chi connectivity index (χ4n) is 1.43. The van der Waals surface area contributed by atoms with Crippen LogP contribution in [-0.2, 0) is 6.18 Å². The zero-order valence-corrected chi connectivity index (χ0v) is 11.1. The van der Waals surface area contributed by atoms with Crippen molar-refractivity contribution < 1.29 is 22.3 Å². The highest BCUT2D eigenvalue weighted by Gasteiger charge is 2.34. The minimum atomic E-state index is -4.81. The highest BCUT2D eigenvalue weighted by atomic mass is 35.5. The molecule has 10 heteroatoms. The van der Waals surface area contributed by atoms with Crippen LogP contribution in [0.3, 0.4) is 0 Å². The predicted molar refractivity (Wildman–Crippen MR) is 66.1 cm³/mol. The molecule has 1 aromatic carbocycles. The second-order valence-electron chi connectivity index (χ2n) is 3.73. The molecule has 5 nitrogen and oxygen atoms in total. The molecule has 112 valence electrons. The van der Waals surface area contributed by atoms with E-state index < -0.39 is 17.6 Å². The molecule has 2 aromatic rings. The largest absolute Gasteiger partial charge is 0.467 e. The molecule has 0 saturated carbocycles. The topological polar surface area (TPSA) is 59.9 Å². The molecule has 2 rings (SSSR count). The molecule has 1 aromatic heterocycles. The van der Waals surface area contributed by atoms with E-state index in [0.717, 1.165) is 6.07 Å². The molecule has 0 aliphatic carbocycles. The first-order chi connectivity index (χ1) is 9.79. The summed E-state index contributed by atoms with van der Waals surface area (Å²) in [4.78, 5) is 11.0. The van der Waals surface area contributed by atoms with Gasteiger partial charge in [0.25, 0.3) is 0 Å². The summed E-state index contributed by atoms with van der Waals surface area (Å²) < 4.78 is 55.7. The van der Waals surface area contributed by atoms with Gasteiger partial charge in [-0.25, -0.2) is 4.39 Å². The zero-order chi connectivity index (χ0) is 15.6. The minimum Gasteiger partial charge on any atom is -0.467 e. The van der Waals surface area contributed by atoms with Crippen LogP contribution >= 0.6 is 11.6 Å². The average Bonchev–Trinajstić information content (AvgIpc) is 2.39. The summed E-state index contributed by atoms with van der Waals surface area (Å²) in [7, 11) is 1.29. The summed E-state index contributed by atoms with van der Waals surface area (Å²) in [5.41, 5.74) is -1.47. The number of nitrogens with one attached hydrogen (secondary N) is 1. The third kappa shape index (κ3) is 3.69. The summed E-state index contributed by atoms with van der Waals surface area (Å²) in [5.74, 6) is -1.51. The summed E-state index contributed by atoms with van der Waals surface area (Å²) in [6.45, 7) is 0. The fourth-order valence-corrected chi connectivity index (χ4v) is 1.58. The highest BCUT2D eigenvalue weighted by molar-refractivity contribution is 6.28. The number of rotatable bonds is 3. The van der Waals surface area contributed by atoms with Crippen LogP contribution in [-0.4, -0.2) is 22.1 Å². The van der Waals surface area contributed by atoms with Gasteiger partial charge < -0.3 is 10.1 Å². The molecule has 0 unspecified atom stereocenters. The van der Waals surface area contributed by atoms with Crippen molar-refractivity contribution in [1.29, 1.82) is 0 Å². The molecule has 0 spiro atoms. The monoisotopic (exact) mass is 322 g/mol. The van der Waals surface area contributed by atoms with E-state index in [1.54, 1.807) is 0 Å². The summed E-state index contributed by atoms with van der Waals surface area (Å²) in [5, 5.41) is 2.26. The number of hydrogen-bond donors (Lipinski definition) is 1. The number of nitrogens with zero attached hydrogens (tertiary/aromatic N) is 3. The first kappa shape index (κ1) is 15.2. The molecule has 0 saturated heterocycles. The van der Waals surface area contributed by atoms with Gasteiger partial charge in [0.05, 0.1) is 12.7 Å². The van der Waals surface area contributed by atoms with E-state index in [1.807, 2.05) is 0 Å². The number of ether oxygens (including phenoxy) is 1. The molecular formula is C11H7ClF4N4O. The van der Waals surface area contributed by atoms with Crippen molar-refractivity contribution in [3.63, 3.8) is 0 Å². The number of hydrogen-bond acceptors (Lipinski definition) is 5. The van der Waals surface area contributed by atoms with Crippen molar-refractivity contribution in [2.75, 3.05) is 12.4 Å². The number of alkyl halides is 3. The van der Waals surface area contributed by atoms with Gasteiger partial charge in [0.15, 0.2) is 0 Å². The molecule has 1 heterocycles. The summed E-state index contributed by atoms with van der Waals surface area (Å²) in [6.07, 6.45) is -4.81. The quantitative estimate of drug-likeness (QED) is 0.877. The highest BCUT2D eigenvalue weighted by Crippen LogP contribution is 2.33. The van der Waals surface area contributed by atoms with E-state index in [2.05, 4.69) is 20.3 Å². The Labute approximate surface area is 121 Å². The maximum absolute atomic E-state index is 13.2. The first-order valence-corrected chi connectivity index (χ1v) is 5.76. The Balaban J connectivity index is 2.34. The number of benzene rings is 1. The van der Waals surface area contributed by atoms with Crippen molar-refractivity contribution in [3.8, 4) is 6.01 Å². The maximum Gasteiger partial charge on any atom is 0.419 e. The SMILES string of the molecule is COc1nc(Cl)nc(Nc2ccc(F)c(C(F)(F)F)c2)n1. The van der Waals surface area contributed by atoms with Crippen molar-refractivity contribution in [2.24, 2.45) is 0 Å². The van der Waals surface area contributed by atoms with Crippen LogP contribution in [0.1, 0.15) is 5.56 Å². The molecule has 0 atom stereocenters. The molecule has 0 fully saturated rings. The zero-order valence-electron chi connectivity index (χ0n) is 10.4. The van der Waals surface area contributed by atoms with Crippen LogP contribution in [0.2, 0.25) is 5.28 Å². The molecule has 0 radical (unpaired) electrons. The number of halogens is 5. The number of anilines is 2. The molecule has 0 aliphatic rings. The smallest absolute Gasteiger partial charge is 0.419 e. The average molecular weight is 323 g/mol. The van der Waals surface area contributed by atoms with Gasteiger partial charge in [-0.15, -0.1) is 0 Å². The third-order valence-corrected chi connectivity index (χ3v) is 2.47. The van der Waals surface area contributed by atoms with Crippen LogP contribution in [0.15, 0.2) is 18.2 Å². The lowest BCUT2D eigenvalue weighted by Gasteiger charge is -2.11. The van der Waals surface area contributed by atoms with Crippen LogP contribution in [0.5, 0.6) is 6.01 Å². The standard InChI is InChI=1S/C11H7ClF4N4O/c1-21-10-19-8(12)18-9(20-10)17-5-2-3-7(13)6(4-5)11(14,15)16/h2-4H,1H3,(H,17,18,19,20). The van der Waals surface area contributed by atoms with E-state index in [1.165, 1.54) is 7.11 Å². The molecule has 21 heavy (non-hydrogen) atoms. The molecule has 0 aliphatic heterocycles. The molecule has 0 amide bonds. The normalized spacial score (nSPS) is 11.3. The lowest BCUT2D eigenvalue weighted by molar-refractivity contribution is -0.139. The Hall–Kier alpha value is -2.16. The van der Waals surface area contributed by atoms with Gasteiger partial charge >= 0.3 is 12.2 Å². The Morgan fingerprint density at radius 2 is 1.90 bits per heavy atom. The summed E-state index contributed by atoms with van der Waals surface area (Å²) >= 11 is 5.60. The number of aromatic nitrogens is 3. The van der Waals surface area contributed by atoms with Gasteiger partial charge in [0.2, 0.25) is 11.2 Å². The van der Waals surface area contributed by atoms with Gasteiger partial charge in [-0.05, 0) is 29.8 Å². The van der Waals surface area contributed by atoms with Gasteiger partial charge in [-0.3, -0.25) is 0 Å². The van der Waals surface area contributed by atoms with E-state index in [9.17, 15) is 17.6 Å². The first-order valence-electron chi connectivity index (χ1n) is 5.39. The molecular weight excluding hydrogens is 316 g/mol. The number of methoxy groups -OCH3 is 1. The fraction of sp³-hybridized carbons (Fsp3) is 0.182. The van der Waals surface area contributed by atoms with Crippen molar-refractivity contribution >= 4 is 23.2 Å². The Bertz CT molecular complexity index is 665. The van der Waals surface area contributed by atoms with Crippen LogP contribution < -0.4 is 10.1 Å². The molecule has 1 N–H and O–H groups in total. The predicted octanol–water partition coefficient (Wildman–Crippen LogP) is 3.44. The maximum atomic E-state index is 13.2. The van der Waals surface area contributed by atoms with E-state index in [4.69, 9.17) is 16.3 Å². The van der Waals surface area contributed by atoms with Crippen molar-refractivity contribution in [2.45, 2.75) is 6.18 Å². The second-order valence-corrected chi connectivity index (χ2v) is 4.07. The minimum absolute atomic E-state index is 0.0620. The van der Waals surface area contributed by atoms with Gasteiger partial charge in [-0.1, -0.05) is 0 Å². The Morgan fingerprint density at radius 1 is 1.19 bits per heavy atom. The Morgan fingerprint density at radius 3 is 2.52 bits per heavy atom. The van der Waals surface area contributed by atoms with E-state index >= 15 is 0 Å². The third-order valence-electron chi connectivity index (χ3n) is 2.30. The van der Waals surface area contributed by atoms with Gasteiger partial charge in [0.1, 0.15) is 5.82 Å². The van der Waals surface area contributed by atoms with Crippen molar-refractivity contribution in [1.82, 2.24) is 15.0 Å². The van der Waals surface area contributed by atoms with Crippen LogP contribution in [0.25, 0.3) is 0 Å². The Kier molecular flexibility index (Phi) is 4.12. The molecule has 0 bridgehead atoms. The van der Waals surface area contributed by atoms with Crippen LogP contribution in [0, 0.1) is 5.82 Å². The van der Waals surface area contributed by atoms with E-state index in [0.29, 0.717) is 12.1 Å². The van der Waals surface area contributed by atoms with Gasteiger partial charge in [-0.2, -0.15) is 28.1 Å². The lowest BCUT2D eigenvalue weighted by atomic mass is 10.2. The second kappa shape index (κ2) is 5.68. The van der Waals surface area contributed by atoms with E-state index in [-0.39, 0.29) is 22.9 Å².